The van der Waals surface area contributed by atoms with Gasteiger partial charge in [0.2, 0.25) is 0 Å². The first-order valence-corrected chi connectivity index (χ1v) is 7.14. The molecule has 1 rings (SSSR count). The molecule has 0 bridgehead atoms. The molecular formula is C18H26NO2+. The lowest BCUT2D eigenvalue weighted by atomic mass is 9.72. The van der Waals surface area contributed by atoms with Crippen LogP contribution in [0.5, 0.6) is 0 Å². The van der Waals surface area contributed by atoms with Crippen LogP contribution in [0.25, 0.3) is 0 Å². The van der Waals surface area contributed by atoms with E-state index in [0.717, 1.165) is 11.5 Å². The second-order valence-corrected chi connectivity index (χ2v) is 6.97. The summed E-state index contributed by atoms with van der Waals surface area (Å²) >= 11 is 0. The van der Waals surface area contributed by atoms with Gasteiger partial charge in [0.25, 0.3) is 0 Å². The zero-order chi connectivity index (χ0) is 16.3. The number of benzene rings is 1. The van der Waals surface area contributed by atoms with Gasteiger partial charge < -0.3 is 10.4 Å². The normalized spacial score (nSPS) is 11.9. The summed E-state index contributed by atoms with van der Waals surface area (Å²) in [5, 5.41) is 12.1. The number of aliphatic hydroxyl groups excluding tert-OH is 1. The van der Waals surface area contributed by atoms with Gasteiger partial charge in [-0.05, 0) is 59.4 Å². The number of hydrogen-bond acceptors (Lipinski definition) is 2. The van der Waals surface area contributed by atoms with Crippen molar-refractivity contribution in [3.63, 3.8) is 0 Å². The number of aliphatic hydroxyl groups is 1. The molecule has 114 valence electrons. The Morgan fingerprint density at radius 1 is 1.19 bits per heavy atom. The molecule has 21 heavy (non-hydrogen) atoms. The van der Waals surface area contributed by atoms with Crippen molar-refractivity contribution in [2.75, 3.05) is 6.61 Å². The van der Waals surface area contributed by atoms with Gasteiger partial charge in [-0.15, -0.1) is 0 Å². The van der Waals surface area contributed by atoms with Crippen LogP contribution in [0.15, 0.2) is 42.5 Å². The van der Waals surface area contributed by atoms with E-state index in [1.807, 2.05) is 30.3 Å². The standard InChI is InChI=1S/C18H25NO2/c1-13(16(21)19-18(5,6)12-20)15(17(2,3)4)14-10-8-7-9-11-14/h7-11,20H,1,12H2,2-6H3/p+1. The average molecular weight is 288 g/mol. The number of rotatable bonds is 5. The highest BCUT2D eigenvalue weighted by atomic mass is 16.3. The minimum atomic E-state index is -0.667. The molecule has 0 aliphatic rings. The number of nitrogens with one attached hydrogen (secondary N) is 1. The average Bonchev–Trinajstić information content (AvgIpc) is 2.38. The summed E-state index contributed by atoms with van der Waals surface area (Å²) in [6.45, 7) is 13.6. The van der Waals surface area contributed by atoms with Gasteiger partial charge in [0.05, 0.1) is 23.6 Å². The van der Waals surface area contributed by atoms with E-state index in [4.69, 9.17) is 0 Å². The van der Waals surface area contributed by atoms with E-state index in [-0.39, 0.29) is 17.9 Å². The van der Waals surface area contributed by atoms with Gasteiger partial charge in [0, 0.05) is 17.5 Å². The summed E-state index contributed by atoms with van der Waals surface area (Å²) < 4.78 is 0. The van der Waals surface area contributed by atoms with Crippen molar-refractivity contribution in [2.24, 2.45) is 5.41 Å². The van der Waals surface area contributed by atoms with E-state index in [1.165, 1.54) is 0 Å². The van der Waals surface area contributed by atoms with E-state index >= 15 is 0 Å². The Hall–Kier alpha value is -1.74. The maximum atomic E-state index is 12.4. The summed E-state index contributed by atoms with van der Waals surface area (Å²) in [7, 11) is 0. The zero-order valence-electron chi connectivity index (χ0n) is 13.7. The third-order valence-electron chi connectivity index (χ3n) is 3.24. The maximum Gasteiger partial charge on any atom is 0.317 e. The van der Waals surface area contributed by atoms with E-state index in [2.05, 4.69) is 32.7 Å². The molecule has 0 fully saturated rings. The summed E-state index contributed by atoms with van der Waals surface area (Å²) in [4.78, 5) is 12.4. The number of hydrogen-bond donors (Lipinski definition) is 2. The van der Waals surface area contributed by atoms with Gasteiger partial charge in [0.1, 0.15) is 5.57 Å². The van der Waals surface area contributed by atoms with Gasteiger partial charge in [-0.2, -0.15) is 0 Å². The Bertz CT molecular complexity index is 498. The van der Waals surface area contributed by atoms with Crippen molar-refractivity contribution in [3.8, 4) is 0 Å². The van der Waals surface area contributed by atoms with Crippen molar-refractivity contribution in [3.05, 3.63) is 54.0 Å². The number of carbonyl (C=O) groups excluding carboxylic acids is 1. The Labute approximate surface area is 128 Å². The van der Waals surface area contributed by atoms with E-state index < -0.39 is 5.54 Å². The number of amides is 1. The van der Waals surface area contributed by atoms with Crippen LogP contribution < -0.4 is 5.32 Å². The van der Waals surface area contributed by atoms with Gasteiger partial charge in [-0.1, -0.05) is 0 Å². The monoisotopic (exact) mass is 288 g/mol. The molecule has 0 saturated heterocycles. The molecule has 1 amide bonds. The zero-order valence-corrected chi connectivity index (χ0v) is 13.7. The van der Waals surface area contributed by atoms with Crippen molar-refractivity contribution in [1.29, 1.82) is 0 Å². The Balaban J connectivity index is 3.06. The third kappa shape index (κ3) is 4.64. The molecule has 3 heteroatoms. The van der Waals surface area contributed by atoms with Crippen LogP contribution in [0.3, 0.4) is 0 Å². The summed E-state index contributed by atoms with van der Waals surface area (Å²) in [6.07, 6.45) is 0. The van der Waals surface area contributed by atoms with Gasteiger partial charge in [-0.3, -0.25) is 0 Å². The smallest absolute Gasteiger partial charge is 0.317 e. The van der Waals surface area contributed by atoms with Crippen LogP contribution >= 0.6 is 0 Å². The van der Waals surface area contributed by atoms with Crippen LogP contribution in [-0.4, -0.2) is 23.2 Å². The molecule has 0 aliphatic heterocycles. The van der Waals surface area contributed by atoms with Crippen LogP contribution in [-0.2, 0) is 4.79 Å². The first-order chi connectivity index (χ1) is 9.58. The van der Waals surface area contributed by atoms with Gasteiger partial charge >= 0.3 is 5.91 Å². The molecule has 2 N–H and O–H groups in total. The lowest BCUT2D eigenvalue weighted by molar-refractivity contribution is -0.119. The fourth-order valence-electron chi connectivity index (χ4n) is 2.20. The lowest BCUT2D eigenvalue weighted by Gasteiger charge is -2.29. The Morgan fingerprint density at radius 2 is 1.71 bits per heavy atom. The quantitative estimate of drug-likeness (QED) is 0.646. The van der Waals surface area contributed by atoms with Crippen LogP contribution in [0.4, 0.5) is 0 Å². The predicted molar refractivity (Wildman–Crippen MR) is 86.7 cm³/mol. The molecule has 0 atom stereocenters. The van der Waals surface area contributed by atoms with Gasteiger partial charge in [0.15, 0.2) is 0 Å². The first kappa shape index (κ1) is 17.3. The predicted octanol–water partition coefficient (Wildman–Crippen LogP) is 3.10. The van der Waals surface area contributed by atoms with Crippen LogP contribution in [0.2, 0.25) is 0 Å². The Morgan fingerprint density at radius 3 is 2.14 bits per heavy atom. The molecule has 0 unspecified atom stereocenters. The molecule has 1 aromatic carbocycles. The van der Waals surface area contributed by atoms with Crippen molar-refractivity contribution >= 4 is 5.91 Å². The van der Waals surface area contributed by atoms with E-state index in [9.17, 15) is 9.90 Å². The van der Waals surface area contributed by atoms with Crippen LogP contribution in [0, 0.1) is 11.3 Å². The highest BCUT2D eigenvalue weighted by Crippen LogP contribution is 2.39. The second-order valence-electron chi connectivity index (χ2n) is 6.97. The van der Waals surface area contributed by atoms with Gasteiger partial charge in [-0.25, -0.2) is 4.79 Å². The Kier molecular flexibility index (Phi) is 5.24. The van der Waals surface area contributed by atoms with E-state index in [0.29, 0.717) is 5.57 Å². The largest absolute Gasteiger partial charge is 0.394 e. The van der Waals surface area contributed by atoms with E-state index in [1.54, 1.807) is 13.8 Å². The summed E-state index contributed by atoms with van der Waals surface area (Å²) in [6, 6.07) is 9.81. The molecule has 0 saturated carbocycles. The topological polar surface area (TPSA) is 49.3 Å². The highest BCUT2D eigenvalue weighted by molar-refractivity contribution is 5.98. The number of carbonyl (C=O) groups is 1. The second kappa shape index (κ2) is 6.35. The first-order valence-electron chi connectivity index (χ1n) is 7.14. The molecule has 0 heterocycles. The molecule has 0 aliphatic carbocycles. The van der Waals surface area contributed by atoms with Crippen LogP contribution in [0.1, 0.15) is 40.2 Å². The summed E-state index contributed by atoms with van der Waals surface area (Å²) in [5.41, 5.74) is 0.556. The molecule has 1 aromatic rings. The molecule has 0 spiro atoms. The minimum Gasteiger partial charge on any atom is -0.394 e. The lowest BCUT2D eigenvalue weighted by Crippen LogP contribution is -2.47. The molecule has 0 radical (unpaired) electrons. The van der Waals surface area contributed by atoms with Crippen molar-refractivity contribution in [1.82, 2.24) is 5.32 Å². The summed E-state index contributed by atoms with van der Waals surface area (Å²) in [5.74, 6) is 0.664. The molecule has 3 nitrogen and oxygen atoms in total. The third-order valence-corrected chi connectivity index (χ3v) is 3.24. The maximum absolute atomic E-state index is 12.4. The SMILES string of the molecule is C=C(C(=O)NC(C)(C)CO)[C+](c1ccccc1)C(C)(C)C. The fourth-order valence-corrected chi connectivity index (χ4v) is 2.20. The van der Waals surface area contributed by atoms with Crippen molar-refractivity contribution < 1.29 is 9.90 Å². The minimum absolute atomic E-state index is 0.123. The van der Waals surface area contributed by atoms with Crippen molar-refractivity contribution in [2.45, 2.75) is 40.2 Å². The molecular weight excluding hydrogens is 262 g/mol. The highest BCUT2D eigenvalue weighted by Gasteiger charge is 2.38. The molecule has 0 aromatic heterocycles. The fraction of sp³-hybridized carbons (Fsp3) is 0.444.